The largest absolute Gasteiger partial charge is 0.323 e. The van der Waals surface area contributed by atoms with Crippen LogP contribution in [0.4, 0.5) is 4.79 Å². The second kappa shape index (κ2) is 2.96. The van der Waals surface area contributed by atoms with E-state index in [2.05, 4.69) is 11.0 Å². The summed E-state index contributed by atoms with van der Waals surface area (Å²) in [6.45, 7) is 0.656. The number of carbonyl (C=O) groups excluding carboxylic acids is 1. The number of carbonyl (C=O) groups is 1. The minimum atomic E-state index is -0.0629. The number of nitrogens with zero attached hydrogens (tertiary/aromatic N) is 1. The van der Waals surface area contributed by atoms with Gasteiger partial charge in [-0.05, 0) is 11.6 Å². The Morgan fingerprint density at radius 2 is 2.46 bits per heavy atom. The van der Waals surface area contributed by atoms with Crippen molar-refractivity contribution < 1.29 is 4.79 Å². The topological polar surface area (TPSA) is 32.3 Å². The van der Waals surface area contributed by atoms with Gasteiger partial charge >= 0.3 is 6.03 Å². The quantitative estimate of drug-likeness (QED) is 0.549. The smallest absolute Gasteiger partial charge is 0.321 e. The molecule has 0 spiro atoms. The van der Waals surface area contributed by atoms with Crippen LogP contribution in [0.5, 0.6) is 0 Å². The minimum Gasteiger partial charge on any atom is -0.323 e. The van der Waals surface area contributed by atoms with Gasteiger partial charge in [-0.1, -0.05) is 12.2 Å². The fourth-order valence-corrected chi connectivity index (χ4v) is 1.33. The molecule has 66 valence electrons. The minimum absolute atomic E-state index is 0.0629. The molecule has 2 aliphatic rings. The van der Waals surface area contributed by atoms with Gasteiger partial charge in [-0.3, -0.25) is 0 Å². The molecule has 0 saturated heterocycles. The molecule has 13 heavy (non-hydrogen) atoms. The van der Waals surface area contributed by atoms with Crippen LogP contribution in [-0.4, -0.2) is 24.5 Å². The van der Waals surface area contributed by atoms with Gasteiger partial charge in [0.05, 0.1) is 5.70 Å². The Balaban J connectivity index is 2.39. The predicted octanol–water partition coefficient (Wildman–Crippen LogP) is 1.18. The van der Waals surface area contributed by atoms with Crippen LogP contribution in [0.15, 0.2) is 41.3 Å². The molecule has 2 rings (SSSR count). The van der Waals surface area contributed by atoms with Gasteiger partial charge in [-0.2, -0.15) is 0 Å². The standard InChI is InChI=1S/C10H10N2O/c1-12-7-8-5-3-2-4-6-9(8)11-10(12)13/h2-3,5-6H,7H2,1H3,(H,11,13). The summed E-state index contributed by atoms with van der Waals surface area (Å²) in [6.07, 6.45) is 7.52. The van der Waals surface area contributed by atoms with Crippen LogP contribution in [0.1, 0.15) is 0 Å². The van der Waals surface area contributed by atoms with Crippen LogP contribution in [0.2, 0.25) is 0 Å². The van der Waals surface area contributed by atoms with Crippen LogP contribution in [-0.2, 0) is 0 Å². The predicted molar refractivity (Wildman–Crippen MR) is 50.0 cm³/mol. The maximum atomic E-state index is 11.3. The van der Waals surface area contributed by atoms with Crippen molar-refractivity contribution in [3.8, 4) is 0 Å². The number of hydrogen-bond acceptors (Lipinski definition) is 1. The average Bonchev–Trinajstić information content (AvgIpc) is 2.31. The fraction of sp³-hybridized carbons (Fsp3) is 0.200. The van der Waals surface area contributed by atoms with Gasteiger partial charge in [0.2, 0.25) is 0 Å². The molecule has 1 heterocycles. The number of amides is 2. The zero-order valence-electron chi connectivity index (χ0n) is 7.37. The number of likely N-dealkylation sites (N-methyl/N-ethyl adjacent to an activating group) is 1. The van der Waals surface area contributed by atoms with E-state index in [1.54, 1.807) is 18.0 Å². The first-order valence-corrected chi connectivity index (χ1v) is 4.12. The molecule has 0 aromatic rings. The Labute approximate surface area is 76.7 Å². The van der Waals surface area contributed by atoms with Crippen molar-refractivity contribution in [1.29, 1.82) is 0 Å². The number of nitrogens with one attached hydrogen (secondary N) is 1. The van der Waals surface area contributed by atoms with Gasteiger partial charge in [-0.15, -0.1) is 5.73 Å². The molecule has 0 atom stereocenters. The van der Waals surface area contributed by atoms with Crippen LogP contribution in [0, 0.1) is 0 Å². The van der Waals surface area contributed by atoms with E-state index in [0.717, 1.165) is 11.3 Å². The third-order valence-corrected chi connectivity index (χ3v) is 2.06. The molecule has 1 aliphatic carbocycles. The second-order valence-corrected chi connectivity index (χ2v) is 3.06. The van der Waals surface area contributed by atoms with Gasteiger partial charge in [0, 0.05) is 19.7 Å². The summed E-state index contributed by atoms with van der Waals surface area (Å²) in [5, 5.41) is 2.79. The number of hydrogen-bond donors (Lipinski definition) is 1. The fourth-order valence-electron chi connectivity index (χ4n) is 1.33. The number of rotatable bonds is 0. The van der Waals surface area contributed by atoms with Crippen LogP contribution >= 0.6 is 0 Å². The molecule has 3 nitrogen and oxygen atoms in total. The van der Waals surface area contributed by atoms with E-state index in [9.17, 15) is 4.79 Å². The molecule has 1 N–H and O–H groups in total. The second-order valence-electron chi connectivity index (χ2n) is 3.06. The highest BCUT2D eigenvalue weighted by Crippen LogP contribution is 2.14. The van der Waals surface area contributed by atoms with Gasteiger partial charge in [0.15, 0.2) is 0 Å². The SMILES string of the molecule is CN1CC2=C(C=C=CC=C2)NC1=O. The summed E-state index contributed by atoms with van der Waals surface area (Å²) in [7, 11) is 1.77. The highest BCUT2D eigenvalue weighted by molar-refractivity contribution is 5.79. The zero-order chi connectivity index (χ0) is 9.26. The van der Waals surface area contributed by atoms with Crippen molar-refractivity contribution in [3.05, 3.63) is 41.3 Å². The molecule has 0 saturated carbocycles. The highest BCUT2D eigenvalue weighted by Gasteiger charge is 2.18. The summed E-state index contributed by atoms with van der Waals surface area (Å²) < 4.78 is 0. The monoisotopic (exact) mass is 174 g/mol. The van der Waals surface area contributed by atoms with E-state index < -0.39 is 0 Å². The summed E-state index contributed by atoms with van der Waals surface area (Å²) >= 11 is 0. The Morgan fingerprint density at radius 3 is 3.31 bits per heavy atom. The summed E-state index contributed by atoms with van der Waals surface area (Å²) in [6, 6.07) is -0.0629. The Kier molecular flexibility index (Phi) is 1.80. The van der Waals surface area contributed by atoms with Gasteiger partial charge < -0.3 is 10.2 Å². The molecular formula is C10H10N2O. The maximum Gasteiger partial charge on any atom is 0.321 e. The molecule has 2 amide bonds. The van der Waals surface area contributed by atoms with Crippen LogP contribution in [0.25, 0.3) is 0 Å². The summed E-state index contributed by atoms with van der Waals surface area (Å²) in [5.41, 5.74) is 4.92. The van der Waals surface area contributed by atoms with E-state index in [1.807, 2.05) is 18.2 Å². The molecule has 0 unspecified atom stereocenters. The molecule has 0 aromatic carbocycles. The van der Waals surface area contributed by atoms with Crippen LogP contribution < -0.4 is 5.32 Å². The van der Waals surface area contributed by atoms with Crippen molar-refractivity contribution in [3.63, 3.8) is 0 Å². The first-order valence-electron chi connectivity index (χ1n) is 4.12. The van der Waals surface area contributed by atoms with Gasteiger partial charge in [0.25, 0.3) is 0 Å². The Bertz CT molecular complexity index is 370. The third kappa shape index (κ3) is 1.42. The normalized spacial score (nSPS) is 20.1. The molecule has 0 bridgehead atoms. The van der Waals surface area contributed by atoms with Crippen molar-refractivity contribution >= 4 is 6.03 Å². The summed E-state index contributed by atoms with van der Waals surface area (Å²) in [5.74, 6) is 0. The lowest BCUT2D eigenvalue weighted by Crippen LogP contribution is -2.42. The van der Waals surface area contributed by atoms with E-state index in [1.165, 1.54) is 0 Å². The molecule has 3 heteroatoms. The Hall–Kier alpha value is -1.73. The van der Waals surface area contributed by atoms with E-state index in [4.69, 9.17) is 0 Å². The van der Waals surface area contributed by atoms with Crippen molar-refractivity contribution in [2.24, 2.45) is 0 Å². The van der Waals surface area contributed by atoms with Gasteiger partial charge in [-0.25, -0.2) is 4.79 Å². The molecular weight excluding hydrogens is 164 g/mol. The lowest BCUT2D eigenvalue weighted by Gasteiger charge is -2.25. The number of allylic oxidation sites excluding steroid dienone is 2. The zero-order valence-corrected chi connectivity index (χ0v) is 7.37. The average molecular weight is 174 g/mol. The summed E-state index contributed by atoms with van der Waals surface area (Å²) in [4.78, 5) is 12.9. The highest BCUT2D eigenvalue weighted by atomic mass is 16.2. The first-order chi connectivity index (χ1) is 6.27. The van der Waals surface area contributed by atoms with Crippen molar-refractivity contribution in [2.75, 3.05) is 13.6 Å². The molecule has 1 aliphatic heterocycles. The lowest BCUT2D eigenvalue weighted by molar-refractivity contribution is 0.212. The van der Waals surface area contributed by atoms with E-state index in [0.29, 0.717) is 6.54 Å². The molecule has 0 fully saturated rings. The first kappa shape index (κ1) is 7.90. The van der Waals surface area contributed by atoms with E-state index in [-0.39, 0.29) is 6.03 Å². The van der Waals surface area contributed by atoms with Crippen molar-refractivity contribution in [1.82, 2.24) is 10.2 Å². The van der Waals surface area contributed by atoms with Crippen LogP contribution in [0.3, 0.4) is 0 Å². The van der Waals surface area contributed by atoms with Crippen molar-refractivity contribution in [2.45, 2.75) is 0 Å². The van der Waals surface area contributed by atoms with Gasteiger partial charge in [0.1, 0.15) is 0 Å². The molecule has 0 radical (unpaired) electrons. The maximum absolute atomic E-state index is 11.3. The lowest BCUT2D eigenvalue weighted by atomic mass is 10.1. The molecule has 0 aromatic heterocycles. The van der Waals surface area contributed by atoms with E-state index >= 15 is 0 Å². The number of urea groups is 1. The third-order valence-electron chi connectivity index (χ3n) is 2.06. The Morgan fingerprint density at radius 1 is 1.62 bits per heavy atom.